The molecule has 2 saturated heterocycles. The van der Waals surface area contributed by atoms with E-state index in [1.807, 2.05) is 0 Å². The molecule has 5 nitrogen and oxygen atoms in total. The van der Waals surface area contributed by atoms with E-state index < -0.39 is 0 Å². The van der Waals surface area contributed by atoms with E-state index in [1.165, 1.54) is 25.9 Å². The first-order valence-electron chi connectivity index (χ1n) is 7.48. The topological polar surface area (TPSA) is 54.2 Å². The van der Waals surface area contributed by atoms with Gasteiger partial charge in [-0.1, -0.05) is 19.0 Å². The molecule has 2 aliphatic rings. The summed E-state index contributed by atoms with van der Waals surface area (Å²) in [5.41, 5.74) is 0. The predicted octanol–water partition coefficient (Wildman–Crippen LogP) is 1.45. The van der Waals surface area contributed by atoms with E-state index in [1.54, 1.807) is 0 Å². The van der Waals surface area contributed by atoms with E-state index in [0.717, 1.165) is 37.1 Å². The standard InChI is InChI=1S/C14H24N4O/c1-10(2)6-14-16-13(17-19-14)9-18-7-11-4-3-5-15-12(11)8-18/h10-12,15H,3-9H2,1-2H3. The Kier molecular flexibility index (Phi) is 3.84. The Morgan fingerprint density at radius 1 is 1.42 bits per heavy atom. The maximum atomic E-state index is 5.30. The number of hydrogen-bond acceptors (Lipinski definition) is 5. The normalized spacial score (nSPS) is 27.9. The second kappa shape index (κ2) is 5.59. The Hall–Kier alpha value is -0.940. The molecule has 0 saturated carbocycles. The van der Waals surface area contributed by atoms with Crippen molar-refractivity contribution in [2.75, 3.05) is 19.6 Å². The van der Waals surface area contributed by atoms with Crippen LogP contribution in [0.4, 0.5) is 0 Å². The molecule has 2 atom stereocenters. The van der Waals surface area contributed by atoms with Gasteiger partial charge in [0.05, 0.1) is 6.54 Å². The Bertz CT molecular complexity index is 403. The van der Waals surface area contributed by atoms with Gasteiger partial charge in [0.1, 0.15) is 0 Å². The summed E-state index contributed by atoms with van der Waals surface area (Å²) in [7, 11) is 0. The van der Waals surface area contributed by atoms with Crippen molar-refractivity contribution < 1.29 is 4.52 Å². The minimum absolute atomic E-state index is 0.562. The molecule has 0 aromatic carbocycles. The van der Waals surface area contributed by atoms with Crippen LogP contribution in [0.1, 0.15) is 38.4 Å². The van der Waals surface area contributed by atoms with Gasteiger partial charge in [0, 0.05) is 25.6 Å². The molecule has 0 radical (unpaired) electrons. The number of likely N-dealkylation sites (tertiary alicyclic amines) is 1. The van der Waals surface area contributed by atoms with E-state index >= 15 is 0 Å². The fourth-order valence-electron chi connectivity index (χ4n) is 3.25. The van der Waals surface area contributed by atoms with Gasteiger partial charge in [0.25, 0.3) is 0 Å². The van der Waals surface area contributed by atoms with Crippen molar-refractivity contribution in [2.45, 2.75) is 45.7 Å². The molecule has 5 heteroatoms. The largest absolute Gasteiger partial charge is 0.339 e. The van der Waals surface area contributed by atoms with E-state index in [9.17, 15) is 0 Å². The van der Waals surface area contributed by atoms with Crippen LogP contribution in [0.25, 0.3) is 0 Å². The number of hydrogen-bond donors (Lipinski definition) is 1. The van der Waals surface area contributed by atoms with Crippen molar-refractivity contribution in [3.8, 4) is 0 Å². The molecule has 0 spiro atoms. The number of nitrogens with one attached hydrogen (secondary N) is 1. The highest BCUT2D eigenvalue weighted by atomic mass is 16.5. The molecule has 1 aromatic rings. The lowest BCUT2D eigenvalue weighted by Crippen LogP contribution is -2.40. The summed E-state index contributed by atoms with van der Waals surface area (Å²) < 4.78 is 5.30. The summed E-state index contributed by atoms with van der Waals surface area (Å²) in [4.78, 5) is 6.95. The maximum Gasteiger partial charge on any atom is 0.226 e. The average Bonchev–Trinajstić information content (AvgIpc) is 2.94. The minimum atomic E-state index is 0.562. The second-order valence-corrected chi connectivity index (χ2v) is 6.36. The van der Waals surface area contributed by atoms with Gasteiger partial charge in [0.2, 0.25) is 5.89 Å². The van der Waals surface area contributed by atoms with Crippen LogP contribution in [-0.2, 0) is 13.0 Å². The lowest BCUT2D eigenvalue weighted by molar-refractivity contribution is 0.295. The summed E-state index contributed by atoms with van der Waals surface area (Å²) >= 11 is 0. The van der Waals surface area contributed by atoms with Gasteiger partial charge >= 0.3 is 0 Å². The number of rotatable bonds is 4. The van der Waals surface area contributed by atoms with Gasteiger partial charge < -0.3 is 9.84 Å². The molecular formula is C14H24N4O. The minimum Gasteiger partial charge on any atom is -0.339 e. The van der Waals surface area contributed by atoms with E-state index in [0.29, 0.717) is 12.0 Å². The molecule has 0 bridgehead atoms. The first kappa shape index (κ1) is 13.1. The highest BCUT2D eigenvalue weighted by Crippen LogP contribution is 2.25. The molecule has 19 heavy (non-hydrogen) atoms. The van der Waals surface area contributed by atoms with Crippen LogP contribution in [0, 0.1) is 11.8 Å². The zero-order valence-corrected chi connectivity index (χ0v) is 11.9. The maximum absolute atomic E-state index is 5.30. The Morgan fingerprint density at radius 2 is 2.32 bits per heavy atom. The number of piperidine rings is 1. The zero-order valence-electron chi connectivity index (χ0n) is 11.9. The average molecular weight is 264 g/mol. The van der Waals surface area contributed by atoms with Crippen LogP contribution in [0.3, 0.4) is 0 Å². The third-order valence-corrected chi connectivity index (χ3v) is 4.13. The van der Waals surface area contributed by atoms with Crippen LogP contribution in [0.5, 0.6) is 0 Å². The van der Waals surface area contributed by atoms with E-state index in [4.69, 9.17) is 4.52 Å². The summed E-state index contributed by atoms with van der Waals surface area (Å²) in [6.07, 6.45) is 3.55. The first-order valence-corrected chi connectivity index (χ1v) is 7.48. The van der Waals surface area contributed by atoms with Crippen molar-refractivity contribution in [1.29, 1.82) is 0 Å². The molecule has 1 aromatic heterocycles. The molecule has 0 aliphatic carbocycles. The van der Waals surface area contributed by atoms with E-state index in [-0.39, 0.29) is 0 Å². The van der Waals surface area contributed by atoms with Gasteiger partial charge in [-0.2, -0.15) is 4.98 Å². The number of nitrogens with zero attached hydrogens (tertiary/aromatic N) is 3. The van der Waals surface area contributed by atoms with Crippen LogP contribution in [0.2, 0.25) is 0 Å². The number of fused-ring (bicyclic) bond motifs is 1. The zero-order chi connectivity index (χ0) is 13.2. The van der Waals surface area contributed by atoms with Crippen LogP contribution < -0.4 is 5.32 Å². The molecular weight excluding hydrogens is 240 g/mol. The second-order valence-electron chi connectivity index (χ2n) is 6.36. The van der Waals surface area contributed by atoms with Crippen molar-refractivity contribution in [3.63, 3.8) is 0 Å². The molecule has 106 valence electrons. The summed E-state index contributed by atoms with van der Waals surface area (Å²) in [6, 6.07) is 0.677. The van der Waals surface area contributed by atoms with Crippen molar-refractivity contribution in [3.05, 3.63) is 11.7 Å². The van der Waals surface area contributed by atoms with Gasteiger partial charge in [-0.3, -0.25) is 4.90 Å². The summed E-state index contributed by atoms with van der Waals surface area (Å²) in [5.74, 6) is 3.00. The first-order chi connectivity index (χ1) is 9.20. The van der Waals surface area contributed by atoms with Gasteiger partial charge in [0.15, 0.2) is 5.82 Å². The fraction of sp³-hybridized carbons (Fsp3) is 0.857. The lowest BCUT2D eigenvalue weighted by atomic mass is 9.94. The third-order valence-electron chi connectivity index (χ3n) is 4.13. The van der Waals surface area contributed by atoms with Crippen LogP contribution in [0.15, 0.2) is 4.52 Å². The molecule has 0 amide bonds. The van der Waals surface area contributed by atoms with Crippen LogP contribution >= 0.6 is 0 Å². The van der Waals surface area contributed by atoms with Crippen molar-refractivity contribution in [2.24, 2.45) is 11.8 Å². The van der Waals surface area contributed by atoms with Gasteiger partial charge in [-0.15, -0.1) is 0 Å². The van der Waals surface area contributed by atoms with Crippen LogP contribution in [-0.4, -0.2) is 40.7 Å². The van der Waals surface area contributed by atoms with Crippen molar-refractivity contribution >= 4 is 0 Å². The summed E-state index contributed by atoms with van der Waals surface area (Å²) in [5, 5.41) is 7.72. The Balaban J connectivity index is 1.55. The Morgan fingerprint density at radius 3 is 3.11 bits per heavy atom. The monoisotopic (exact) mass is 264 g/mol. The SMILES string of the molecule is CC(C)Cc1nc(CN2CC3CCCNC3C2)no1. The smallest absolute Gasteiger partial charge is 0.226 e. The quantitative estimate of drug-likeness (QED) is 0.892. The molecule has 3 heterocycles. The molecule has 1 N–H and O–H groups in total. The fourth-order valence-corrected chi connectivity index (χ4v) is 3.25. The molecule has 3 rings (SSSR count). The lowest BCUT2D eigenvalue weighted by Gasteiger charge is -2.24. The van der Waals surface area contributed by atoms with Gasteiger partial charge in [-0.25, -0.2) is 0 Å². The van der Waals surface area contributed by atoms with Crippen molar-refractivity contribution in [1.82, 2.24) is 20.4 Å². The Labute approximate surface area is 114 Å². The summed E-state index contributed by atoms with van der Waals surface area (Å²) in [6.45, 7) is 8.64. The highest BCUT2D eigenvalue weighted by Gasteiger charge is 2.34. The molecule has 2 unspecified atom stereocenters. The molecule has 2 aliphatic heterocycles. The predicted molar refractivity (Wildman–Crippen MR) is 72.6 cm³/mol. The van der Waals surface area contributed by atoms with Gasteiger partial charge in [-0.05, 0) is 31.2 Å². The number of aromatic nitrogens is 2. The molecule has 2 fully saturated rings. The highest BCUT2D eigenvalue weighted by molar-refractivity contribution is 4.95. The van der Waals surface area contributed by atoms with E-state index in [2.05, 4.69) is 34.2 Å². The third kappa shape index (κ3) is 3.15.